The summed E-state index contributed by atoms with van der Waals surface area (Å²) in [5.41, 5.74) is 3.77. The van der Waals surface area contributed by atoms with Crippen LogP contribution in [-0.2, 0) is 0 Å². The van der Waals surface area contributed by atoms with E-state index in [0.29, 0.717) is 0 Å². The van der Waals surface area contributed by atoms with Crippen molar-refractivity contribution in [1.82, 2.24) is 0 Å². The van der Waals surface area contributed by atoms with Gasteiger partial charge in [0.15, 0.2) is 0 Å². The Kier molecular flexibility index (Phi) is 4.05. The minimum absolute atomic E-state index is 0.00246. The van der Waals surface area contributed by atoms with E-state index in [1.807, 2.05) is 56.3 Å². The molecule has 0 aliphatic rings. The monoisotopic (exact) mass is 317 g/mol. The summed E-state index contributed by atoms with van der Waals surface area (Å²) in [5.74, 6) is 0.00246. The Labute approximate surface area is 122 Å². The van der Waals surface area contributed by atoms with E-state index in [-0.39, 0.29) is 5.91 Å². The van der Waals surface area contributed by atoms with Gasteiger partial charge in [0.05, 0.1) is 0 Å². The number of aryl methyl sites for hydroxylation is 1. The van der Waals surface area contributed by atoms with Crippen LogP contribution < -0.4 is 4.90 Å². The Morgan fingerprint density at radius 1 is 1.05 bits per heavy atom. The van der Waals surface area contributed by atoms with Crippen LogP contribution in [0.5, 0.6) is 0 Å². The van der Waals surface area contributed by atoms with Gasteiger partial charge in [0.1, 0.15) is 0 Å². The second-order valence-electron chi connectivity index (χ2n) is 4.61. The van der Waals surface area contributed by atoms with Crippen LogP contribution in [0.3, 0.4) is 0 Å². The number of carbonyl (C=O) groups excluding carboxylic acids is 1. The summed E-state index contributed by atoms with van der Waals surface area (Å²) >= 11 is 3.46. The summed E-state index contributed by atoms with van der Waals surface area (Å²) in [7, 11) is 1.80. The number of carbonyl (C=O) groups is 1. The van der Waals surface area contributed by atoms with Crippen molar-refractivity contribution in [2.75, 3.05) is 11.9 Å². The summed E-state index contributed by atoms with van der Waals surface area (Å²) in [6.45, 7) is 3.98. The standard InChI is InChI=1S/C16H16BrNO/c1-11-7-9-13(10-8-11)18(3)16(19)14-5-4-6-15(17)12(14)2/h4-10H,1-3H3. The highest BCUT2D eigenvalue weighted by Gasteiger charge is 2.16. The number of anilines is 1. The maximum atomic E-state index is 12.5. The van der Waals surface area contributed by atoms with Gasteiger partial charge in [-0.3, -0.25) is 4.79 Å². The molecule has 1 amide bonds. The molecule has 0 radical (unpaired) electrons. The van der Waals surface area contributed by atoms with Crippen molar-refractivity contribution in [1.29, 1.82) is 0 Å². The molecule has 0 N–H and O–H groups in total. The molecule has 0 unspecified atom stereocenters. The zero-order valence-electron chi connectivity index (χ0n) is 11.3. The molecule has 0 fully saturated rings. The van der Waals surface area contributed by atoms with Gasteiger partial charge in [-0.05, 0) is 43.7 Å². The largest absolute Gasteiger partial charge is 0.311 e. The van der Waals surface area contributed by atoms with Crippen LogP contribution in [0.1, 0.15) is 21.5 Å². The Balaban J connectivity index is 2.33. The van der Waals surface area contributed by atoms with Gasteiger partial charge in [0.25, 0.3) is 5.91 Å². The molecule has 19 heavy (non-hydrogen) atoms. The predicted octanol–water partition coefficient (Wildman–Crippen LogP) is 4.34. The average Bonchev–Trinajstić information content (AvgIpc) is 2.41. The van der Waals surface area contributed by atoms with Crippen molar-refractivity contribution in [2.45, 2.75) is 13.8 Å². The molecule has 98 valence electrons. The van der Waals surface area contributed by atoms with Crippen LogP contribution in [0, 0.1) is 13.8 Å². The Morgan fingerprint density at radius 3 is 2.32 bits per heavy atom. The SMILES string of the molecule is Cc1ccc(N(C)C(=O)c2cccc(Br)c2C)cc1. The lowest BCUT2D eigenvalue weighted by Gasteiger charge is -2.19. The molecule has 0 spiro atoms. The van der Waals surface area contributed by atoms with Gasteiger partial charge in [-0.1, -0.05) is 39.7 Å². The minimum Gasteiger partial charge on any atom is -0.311 e. The van der Waals surface area contributed by atoms with Crippen LogP contribution in [0.2, 0.25) is 0 Å². The number of benzene rings is 2. The lowest BCUT2D eigenvalue weighted by atomic mass is 10.1. The predicted molar refractivity (Wildman–Crippen MR) is 82.8 cm³/mol. The second-order valence-corrected chi connectivity index (χ2v) is 5.47. The Hall–Kier alpha value is -1.61. The highest BCUT2D eigenvalue weighted by atomic mass is 79.9. The van der Waals surface area contributed by atoms with Gasteiger partial charge >= 0.3 is 0 Å². The zero-order chi connectivity index (χ0) is 14.0. The number of rotatable bonds is 2. The van der Waals surface area contributed by atoms with E-state index in [0.717, 1.165) is 21.3 Å². The summed E-state index contributed by atoms with van der Waals surface area (Å²) in [6, 6.07) is 13.6. The molecular weight excluding hydrogens is 302 g/mol. The Morgan fingerprint density at radius 2 is 1.68 bits per heavy atom. The van der Waals surface area contributed by atoms with Crippen LogP contribution in [0.25, 0.3) is 0 Å². The first-order valence-electron chi connectivity index (χ1n) is 6.10. The van der Waals surface area contributed by atoms with E-state index >= 15 is 0 Å². The maximum Gasteiger partial charge on any atom is 0.258 e. The lowest BCUT2D eigenvalue weighted by Crippen LogP contribution is -2.26. The van der Waals surface area contributed by atoms with Gasteiger partial charge < -0.3 is 4.90 Å². The highest BCUT2D eigenvalue weighted by Crippen LogP contribution is 2.22. The second kappa shape index (κ2) is 5.57. The number of hydrogen-bond donors (Lipinski definition) is 0. The molecule has 0 heterocycles. The smallest absolute Gasteiger partial charge is 0.258 e. The summed E-state index contributed by atoms with van der Waals surface area (Å²) in [5, 5.41) is 0. The summed E-state index contributed by atoms with van der Waals surface area (Å²) < 4.78 is 0.954. The third kappa shape index (κ3) is 2.87. The number of hydrogen-bond acceptors (Lipinski definition) is 1. The van der Waals surface area contributed by atoms with Gasteiger partial charge in [-0.15, -0.1) is 0 Å². The molecule has 3 heteroatoms. The van der Waals surface area contributed by atoms with Crippen molar-refractivity contribution in [3.05, 3.63) is 63.6 Å². The molecule has 2 nitrogen and oxygen atoms in total. The van der Waals surface area contributed by atoms with Crippen LogP contribution in [0.15, 0.2) is 46.9 Å². The van der Waals surface area contributed by atoms with Crippen LogP contribution in [0.4, 0.5) is 5.69 Å². The fourth-order valence-electron chi connectivity index (χ4n) is 1.91. The topological polar surface area (TPSA) is 20.3 Å². The van der Waals surface area contributed by atoms with Crippen molar-refractivity contribution in [2.24, 2.45) is 0 Å². The van der Waals surface area contributed by atoms with Crippen molar-refractivity contribution in [3.63, 3.8) is 0 Å². The maximum absolute atomic E-state index is 12.5. The summed E-state index contributed by atoms with van der Waals surface area (Å²) in [4.78, 5) is 14.2. The quantitative estimate of drug-likeness (QED) is 0.806. The minimum atomic E-state index is 0.00246. The van der Waals surface area contributed by atoms with E-state index in [2.05, 4.69) is 15.9 Å². The fourth-order valence-corrected chi connectivity index (χ4v) is 2.27. The van der Waals surface area contributed by atoms with Gasteiger partial charge in [0, 0.05) is 22.8 Å². The van der Waals surface area contributed by atoms with Gasteiger partial charge in [0.2, 0.25) is 0 Å². The van der Waals surface area contributed by atoms with Crippen molar-refractivity contribution < 1.29 is 4.79 Å². The molecule has 0 aliphatic heterocycles. The molecule has 0 aliphatic carbocycles. The van der Waals surface area contributed by atoms with E-state index < -0.39 is 0 Å². The van der Waals surface area contributed by atoms with Crippen molar-refractivity contribution in [3.8, 4) is 0 Å². The van der Waals surface area contributed by atoms with Crippen LogP contribution in [-0.4, -0.2) is 13.0 Å². The van der Waals surface area contributed by atoms with E-state index in [4.69, 9.17) is 0 Å². The zero-order valence-corrected chi connectivity index (χ0v) is 12.9. The van der Waals surface area contributed by atoms with Gasteiger partial charge in [-0.25, -0.2) is 0 Å². The molecule has 0 aromatic heterocycles. The molecular formula is C16H16BrNO. The molecule has 0 saturated heterocycles. The lowest BCUT2D eigenvalue weighted by molar-refractivity contribution is 0.0992. The van der Waals surface area contributed by atoms with Crippen molar-refractivity contribution >= 4 is 27.5 Å². The first kappa shape index (κ1) is 13.8. The third-order valence-corrected chi connectivity index (χ3v) is 4.08. The highest BCUT2D eigenvalue weighted by molar-refractivity contribution is 9.10. The molecule has 2 aromatic carbocycles. The third-order valence-electron chi connectivity index (χ3n) is 3.22. The summed E-state index contributed by atoms with van der Waals surface area (Å²) in [6.07, 6.45) is 0. The number of nitrogens with zero attached hydrogens (tertiary/aromatic N) is 1. The number of halogens is 1. The average molecular weight is 318 g/mol. The van der Waals surface area contributed by atoms with E-state index in [1.54, 1.807) is 11.9 Å². The number of amides is 1. The molecule has 0 atom stereocenters. The molecule has 0 bridgehead atoms. The Bertz CT molecular complexity index is 605. The normalized spacial score (nSPS) is 10.3. The van der Waals surface area contributed by atoms with Gasteiger partial charge in [-0.2, -0.15) is 0 Å². The van der Waals surface area contributed by atoms with E-state index in [1.165, 1.54) is 5.56 Å². The van der Waals surface area contributed by atoms with E-state index in [9.17, 15) is 4.79 Å². The fraction of sp³-hybridized carbons (Fsp3) is 0.188. The van der Waals surface area contributed by atoms with Crippen LogP contribution >= 0.6 is 15.9 Å². The first-order valence-corrected chi connectivity index (χ1v) is 6.90. The molecule has 2 aromatic rings. The molecule has 0 saturated carbocycles. The first-order chi connectivity index (χ1) is 9.00. The molecule has 2 rings (SSSR count).